The molecule has 1 amide bonds. The number of amides is 1. The Balaban J connectivity index is 1.94. The van der Waals surface area contributed by atoms with Gasteiger partial charge in [-0.3, -0.25) is 9.69 Å². The monoisotopic (exact) mass is 297 g/mol. The number of nitriles is 1. The molecule has 1 aromatic rings. The van der Waals surface area contributed by atoms with Crippen LogP contribution in [0.1, 0.15) is 25.3 Å². The SMILES string of the molecule is C=CCN(CC(=O)NC(C)(C#N)C1CC1)Cc1ccccc1. The fraction of sp³-hybridized carbons (Fsp3) is 0.444. The van der Waals surface area contributed by atoms with E-state index in [2.05, 4.69) is 18.0 Å². The summed E-state index contributed by atoms with van der Waals surface area (Å²) in [5.74, 6) is 0.192. The van der Waals surface area contributed by atoms with Crippen LogP contribution in [-0.4, -0.2) is 29.4 Å². The van der Waals surface area contributed by atoms with Crippen molar-refractivity contribution in [2.45, 2.75) is 31.8 Å². The van der Waals surface area contributed by atoms with E-state index in [-0.39, 0.29) is 12.5 Å². The van der Waals surface area contributed by atoms with Crippen molar-refractivity contribution >= 4 is 5.91 Å². The lowest BCUT2D eigenvalue weighted by atomic mass is 9.98. The molecule has 1 unspecified atom stereocenters. The first-order valence-corrected chi connectivity index (χ1v) is 7.67. The normalized spacial score (nSPS) is 16.6. The topological polar surface area (TPSA) is 56.1 Å². The highest BCUT2D eigenvalue weighted by Gasteiger charge is 2.43. The summed E-state index contributed by atoms with van der Waals surface area (Å²) in [6.07, 6.45) is 3.83. The minimum Gasteiger partial charge on any atom is -0.337 e. The third-order valence-corrected chi connectivity index (χ3v) is 4.03. The molecule has 0 saturated heterocycles. The molecule has 1 aliphatic carbocycles. The summed E-state index contributed by atoms with van der Waals surface area (Å²) in [6.45, 7) is 7.16. The zero-order valence-electron chi connectivity index (χ0n) is 13.1. The lowest BCUT2D eigenvalue weighted by molar-refractivity contribution is -0.123. The maximum atomic E-state index is 12.3. The van der Waals surface area contributed by atoms with Crippen LogP contribution in [0.25, 0.3) is 0 Å². The van der Waals surface area contributed by atoms with E-state index in [9.17, 15) is 10.1 Å². The average molecular weight is 297 g/mol. The summed E-state index contributed by atoms with van der Waals surface area (Å²) in [7, 11) is 0. The zero-order chi connectivity index (χ0) is 16.0. The highest BCUT2D eigenvalue weighted by molar-refractivity contribution is 5.79. The van der Waals surface area contributed by atoms with Gasteiger partial charge in [0, 0.05) is 13.1 Å². The fourth-order valence-corrected chi connectivity index (χ4v) is 2.62. The Kier molecular flexibility index (Phi) is 5.35. The summed E-state index contributed by atoms with van der Waals surface area (Å²) in [5.41, 5.74) is 0.423. The Labute approximate surface area is 132 Å². The van der Waals surface area contributed by atoms with Gasteiger partial charge < -0.3 is 5.32 Å². The summed E-state index contributed by atoms with van der Waals surface area (Å²) in [5, 5.41) is 12.2. The van der Waals surface area contributed by atoms with Gasteiger partial charge in [0.05, 0.1) is 12.6 Å². The first kappa shape index (κ1) is 16.3. The molecule has 2 rings (SSSR count). The molecule has 22 heavy (non-hydrogen) atoms. The Hall–Kier alpha value is -2.12. The molecule has 1 saturated carbocycles. The lowest BCUT2D eigenvalue weighted by Gasteiger charge is -2.26. The number of rotatable bonds is 8. The maximum absolute atomic E-state index is 12.3. The lowest BCUT2D eigenvalue weighted by Crippen LogP contribution is -2.50. The molecule has 4 heteroatoms. The molecule has 1 N–H and O–H groups in total. The van der Waals surface area contributed by atoms with Gasteiger partial charge in [-0.2, -0.15) is 5.26 Å². The summed E-state index contributed by atoms with van der Waals surface area (Å²) in [6, 6.07) is 12.3. The van der Waals surface area contributed by atoms with Crippen LogP contribution >= 0.6 is 0 Å². The maximum Gasteiger partial charge on any atom is 0.235 e. The molecule has 0 spiro atoms. The van der Waals surface area contributed by atoms with Gasteiger partial charge in [-0.25, -0.2) is 0 Å². The molecule has 0 bridgehead atoms. The average Bonchev–Trinajstić information content (AvgIpc) is 3.33. The number of carbonyl (C=O) groups excluding carboxylic acids is 1. The van der Waals surface area contributed by atoms with Crippen LogP contribution in [-0.2, 0) is 11.3 Å². The molecule has 1 aromatic carbocycles. The van der Waals surface area contributed by atoms with Gasteiger partial charge in [-0.05, 0) is 31.2 Å². The second-order valence-electron chi connectivity index (χ2n) is 6.08. The third kappa shape index (κ3) is 4.44. The summed E-state index contributed by atoms with van der Waals surface area (Å²) >= 11 is 0. The third-order valence-electron chi connectivity index (χ3n) is 4.03. The van der Waals surface area contributed by atoms with Crippen LogP contribution in [0.2, 0.25) is 0 Å². The fourth-order valence-electron chi connectivity index (χ4n) is 2.62. The first-order valence-electron chi connectivity index (χ1n) is 7.67. The number of carbonyl (C=O) groups is 1. The van der Waals surface area contributed by atoms with E-state index in [4.69, 9.17) is 0 Å². The van der Waals surface area contributed by atoms with Gasteiger partial charge >= 0.3 is 0 Å². The van der Waals surface area contributed by atoms with Gasteiger partial charge in [0.25, 0.3) is 0 Å². The summed E-state index contributed by atoms with van der Waals surface area (Å²) in [4.78, 5) is 14.3. The molecule has 1 atom stereocenters. The molecular formula is C18H23N3O. The van der Waals surface area contributed by atoms with E-state index < -0.39 is 5.54 Å². The highest BCUT2D eigenvalue weighted by atomic mass is 16.2. The van der Waals surface area contributed by atoms with Crippen molar-refractivity contribution in [2.75, 3.05) is 13.1 Å². The van der Waals surface area contributed by atoms with E-state index in [1.807, 2.05) is 42.2 Å². The highest BCUT2D eigenvalue weighted by Crippen LogP contribution is 2.39. The van der Waals surface area contributed by atoms with Crippen molar-refractivity contribution in [3.63, 3.8) is 0 Å². The van der Waals surface area contributed by atoms with Crippen LogP contribution in [0.4, 0.5) is 0 Å². The Morgan fingerprint density at radius 3 is 2.73 bits per heavy atom. The van der Waals surface area contributed by atoms with Crippen molar-refractivity contribution in [3.8, 4) is 6.07 Å². The van der Waals surface area contributed by atoms with Crippen molar-refractivity contribution < 1.29 is 4.79 Å². The molecule has 116 valence electrons. The minimum absolute atomic E-state index is 0.103. The quantitative estimate of drug-likeness (QED) is 0.750. The molecular weight excluding hydrogens is 274 g/mol. The standard InChI is InChI=1S/C18H23N3O/c1-3-11-21(12-15-7-5-4-6-8-15)13-17(22)20-18(2,14-19)16-9-10-16/h3-8,16H,1,9-13H2,2H3,(H,20,22). The van der Waals surface area contributed by atoms with Gasteiger partial charge in [-0.15, -0.1) is 6.58 Å². The van der Waals surface area contributed by atoms with E-state index in [1.165, 1.54) is 0 Å². The summed E-state index contributed by atoms with van der Waals surface area (Å²) < 4.78 is 0. The predicted molar refractivity (Wildman–Crippen MR) is 86.8 cm³/mol. The molecule has 4 nitrogen and oxygen atoms in total. The van der Waals surface area contributed by atoms with Gasteiger partial charge in [-0.1, -0.05) is 36.4 Å². The number of hydrogen-bond donors (Lipinski definition) is 1. The Bertz CT molecular complexity index is 559. The predicted octanol–water partition coefficient (Wildman–Crippen LogP) is 2.48. The molecule has 1 fully saturated rings. The molecule has 1 aliphatic rings. The second-order valence-corrected chi connectivity index (χ2v) is 6.08. The van der Waals surface area contributed by atoms with Crippen LogP contribution in [0, 0.1) is 17.2 Å². The zero-order valence-corrected chi connectivity index (χ0v) is 13.1. The van der Waals surface area contributed by atoms with Crippen LogP contribution in [0.5, 0.6) is 0 Å². The molecule has 0 heterocycles. The number of nitrogens with one attached hydrogen (secondary N) is 1. The number of benzene rings is 1. The Morgan fingerprint density at radius 2 is 2.18 bits per heavy atom. The smallest absolute Gasteiger partial charge is 0.235 e. The van der Waals surface area contributed by atoms with Crippen LogP contribution < -0.4 is 5.32 Å². The first-order chi connectivity index (χ1) is 10.6. The van der Waals surface area contributed by atoms with Crippen molar-refractivity contribution in [2.24, 2.45) is 5.92 Å². The largest absolute Gasteiger partial charge is 0.337 e. The van der Waals surface area contributed by atoms with Crippen LogP contribution in [0.15, 0.2) is 43.0 Å². The Morgan fingerprint density at radius 1 is 1.50 bits per heavy atom. The number of hydrogen-bond acceptors (Lipinski definition) is 3. The number of nitrogens with zero attached hydrogens (tertiary/aromatic N) is 2. The van der Waals surface area contributed by atoms with E-state index in [0.717, 1.165) is 18.4 Å². The minimum atomic E-state index is -0.732. The van der Waals surface area contributed by atoms with Gasteiger partial charge in [0.1, 0.15) is 5.54 Å². The van der Waals surface area contributed by atoms with Crippen molar-refractivity contribution in [1.82, 2.24) is 10.2 Å². The van der Waals surface area contributed by atoms with Crippen molar-refractivity contribution in [1.29, 1.82) is 5.26 Å². The van der Waals surface area contributed by atoms with E-state index >= 15 is 0 Å². The van der Waals surface area contributed by atoms with Crippen LogP contribution in [0.3, 0.4) is 0 Å². The van der Waals surface area contributed by atoms with Crippen molar-refractivity contribution in [3.05, 3.63) is 48.6 Å². The van der Waals surface area contributed by atoms with Gasteiger partial charge in [0.2, 0.25) is 5.91 Å². The van der Waals surface area contributed by atoms with E-state index in [1.54, 1.807) is 6.08 Å². The van der Waals surface area contributed by atoms with E-state index in [0.29, 0.717) is 19.0 Å². The molecule has 0 radical (unpaired) electrons. The van der Waals surface area contributed by atoms with Gasteiger partial charge in [0.15, 0.2) is 0 Å². The second kappa shape index (κ2) is 7.24. The molecule has 0 aromatic heterocycles. The molecule has 0 aliphatic heterocycles.